The predicted octanol–water partition coefficient (Wildman–Crippen LogP) is 1.42. The van der Waals surface area contributed by atoms with Crippen molar-refractivity contribution in [3.8, 4) is 5.69 Å². The maximum absolute atomic E-state index is 12.5. The monoisotopic (exact) mass is 358 g/mol. The summed E-state index contributed by atoms with van der Waals surface area (Å²) in [6, 6.07) is 6.07. The molecule has 0 aliphatic rings. The molecule has 0 spiro atoms. The third-order valence-electron chi connectivity index (χ3n) is 3.35. The zero-order valence-electron chi connectivity index (χ0n) is 12.9. The van der Waals surface area contributed by atoms with E-state index in [1.807, 2.05) is 0 Å². The van der Waals surface area contributed by atoms with Crippen LogP contribution in [-0.2, 0) is 10.0 Å². The van der Waals surface area contributed by atoms with Crippen molar-refractivity contribution < 1.29 is 13.5 Å². The molecule has 1 heterocycles. The number of sulfonamides is 1. The zero-order valence-corrected chi connectivity index (χ0v) is 14.5. The Morgan fingerprint density at radius 1 is 1.39 bits per heavy atom. The molecule has 0 bridgehead atoms. The SMILES string of the molecule is CCN(CCO)S(=O)(=O)c1ccc(-n2nc(C)cc2N)c(Cl)c1. The Morgan fingerprint density at radius 3 is 2.57 bits per heavy atom. The van der Waals surface area contributed by atoms with E-state index in [1.165, 1.54) is 21.1 Å². The van der Waals surface area contributed by atoms with E-state index < -0.39 is 10.0 Å². The third kappa shape index (κ3) is 3.50. The average Bonchev–Trinajstić information content (AvgIpc) is 2.82. The molecule has 2 aromatic rings. The summed E-state index contributed by atoms with van der Waals surface area (Å²) in [5.74, 6) is 0.412. The summed E-state index contributed by atoms with van der Waals surface area (Å²) in [5, 5.41) is 13.5. The molecular formula is C14H19ClN4O3S. The van der Waals surface area contributed by atoms with Gasteiger partial charge in [0.15, 0.2) is 0 Å². The van der Waals surface area contributed by atoms with E-state index in [9.17, 15) is 8.42 Å². The second-order valence-corrected chi connectivity index (χ2v) is 7.30. The van der Waals surface area contributed by atoms with Gasteiger partial charge in [-0.15, -0.1) is 0 Å². The standard InChI is InChI=1S/C14H19ClN4O3S/c1-3-18(6-7-20)23(21,22)11-4-5-13(12(15)9-11)19-14(16)8-10(2)17-19/h4-5,8-9,20H,3,6-7,16H2,1-2H3. The molecule has 1 aromatic heterocycles. The molecule has 2 rings (SSSR count). The van der Waals surface area contributed by atoms with Crippen LogP contribution < -0.4 is 5.73 Å². The van der Waals surface area contributed by atoms with Gasteiger partial charge in [-0.1, -0.05) is 18.5 Å². The molecule has 0 aliphatic carbocycles. The van der Waals surface area contributed by atoms with Crippen molar-refractivity contribution in [2.75, 3.05) is 25.4 Å². The van der Waals surface area contributed by atoms with Crippen LogP contribution in [0.15, 0.2) is 29.2 Å². The number of hydrogen-bond acceptors (Lipinski definition) is 5. The molecule has 0 unspecified atom stereocenters. The molecule has 0 fully saturated rings. The summed E-state index contributed by atoms with van der Waals surface area (Å²) in [4.78, 5) is 0.0593. The molecule has 0 aliphatic heterocycles. The smallest absolute Gasteiger partial charge is 0.243 e. The lowest BCUT2D eigenvalue weighted by Crippen LogP contribution is -2.33. The fourth-order valence-electron chi connectivity index (χ4n) is 2.24. The molecule has 3 N–H and O–H groups in total. The topological polar surface area (TPSA) is 101 Å². The van der Waals surface area contributed by atoms with Crippen LogP contribution in [0.25, 0.3) is 5.69 Å². The predicted molar refractivity (Wildman–Crippen MR) is 89.2 cm³/mol. The molecule has 126 valence electrons. The van der Waals surface area contributed by atoms with Gasteiger partial charge in [0.1, 0.15) is 5.82 Å². The number of aliphatic hydroxyl groups is 1. The van der Waals surface area contributed by atoms with Crippen LogP contribution in [0.2, 0.25) is 5.02 Å². The number of hydrogen-bond donors (Lipinski definition) is 2. The second-order valence-electron chi connectivity index (χ2n) is 4.96. The highest BCUT2D eigenvalue weighted by Crippen LogP contribution is 2.27. The summed E-state index contributed by atoms with van der Waals surface area (Å²) >= 11 is 6.23. The molecule has 0 amide bonds. The summed E-state index contributed by atoms with van der Waals surface area (Å²) in [6.07, 6.45) is 0. The Hall–Kier alpha value is -1.61. The number of likely N-dealkylation sites (N-methyl/N-ethyl adjacent to an activating group) is 1. The normalized spacial score (nSPS) is 12.0. The minimum absolute atomic E-state index is 0.0313. The Kier molecular flexibility index (Phi) is 5.30. The number of benzene rings is 1. The van der Waals surface area contributed by atoms with Crippen molar-refractivity contribution >= 4 is 27.4 Å². The van der Waals surface area contributed by atoms with E-state index in [4.69, 9.17) is 22.4 Å². The molecule has 23 heavy (non-hydrogen) atoms. The number of aromatic nitrogens is 2. The van der Waals surface area contributed by atoms with E-state index >= 15 is 0 Å². The number of nitrogen functional groups attached to an aromatic ring is 1. The minimum Gasteiger partial charge on any atom is -0.395 e. The lowest BCUT2D eigenvalue weighted by molar-refractivity contribution is 0.257. The van der Waals surface area contributed by atoms with Gasteiger partial charge in [-0.05, 0) is 25.1 Å². The first kappa shape index (κ1) is 17.7. The van der Waals surface area contributed by atoms with Gasteiger partial charge >= 0.3 is 0 Å². The van der Waals surface area contributed by atoms with Crippen LogP contribution in [0.5, 0.6) is 0 Å². The number of rotatable bonds is 6. The molecule has 0 saturated heterocycles. The van der Waals surface area contributed by atoms with Crippen molar-refractivity contribution in [2.45, 2.75) is 18.7 Å². The van der Waals surface area contributed by atoms with E-state index in [0.29, 0.717) is 11.5 Å². The van der Waals surface area contributed by atoms with Crippen LogP contribution in [0.3, 0.4) is 0 Å². The van der Waals surface area contributed by atoms with Crippen LogP contribution in [0.4, 0.5) is 5.82 Å². The lowest BCUT2D eigenvalue weighted by atomic mass is 10.3. The maximum atomic E-state index is 12.5. The molecule has 0 saturated carbocycles. The quantitative estimate of drug-likeness (QED) is 0.813. The van der Waals surface area contributed by atoms with Crippen LogP contribution in [0, 0.1) is 6.92 Å². The van der Waals surface area contributed by atoms with Gasteiger partial charge in [0.05, 0.1) is 27.9 Å². The number of anilines is 1. The summed E-state index contributed by atoms with van der Waals surface area (Å²) in [5.41, 5.74) is 7.10. The van der Waals surface area contributed by atoms with E-state index in [0.717, 1.165) is 5.69 Å². The van der Waals surface area contributed by atoms with Gasteiger partial charge in [-0.2, -0.15) is 9.40 Å². The van der Waals surface area contributed by atoms with E-state index in [-0.39, 0.29) is 29.6 Å². The Labute approximate surface area is 140 Å². The first-order chi connectivity index (χ1) is 10.8. The van der Waals surface area contributed by atoms with Crippen molar-refractivity contribution in [1.82, 2.24) is 14.1 Å². The number of nitrogens with zero attached hydrogens (tertiary/aromatic N) is 3. The molecule has 1 aromatic carbocycles. The first-order valence-electron chi connectivity index (χ1n) is 7.04. The molecule has 0 radical (unpaired) electrons. The van der Waals surface area contributed by atoms with Gasteiger partial charge < -0.3 is 10.8 Å². The van der Waals surface area contributed by atoms with Gasteiger partial charge in [-0.25, -0.2) is 13.1 Å². The first-order valence-corrected chi connectivity index (χ1v) is 8.86. The zero-order chi connectivity index (χ0) is 17.2. The Balaban J connectivity index is 2.45. The molecule has 0 atom stereocenters. The lowest BCUT2D eigenvalue weighted by Gasteiger charge is -2.20. The van der Waals surface area contributed by atoms with Crippen molar-refractivity contribution in [3.05, 3.63) is 35.0 Å². The summed E-state index contributed by atoms with van der Waals surface area (Å²) in [6.45, 7) is 3.54. The average molecular weight is 359 g/mol. The van der Waals surface area contributed by atoms with Crippen LogP contribution in [0.1, 0.15) is 12.6 Å². The highest BCUT2D eigenvalue weighted by atomic mass is 35.5. The van der Waals surface area contributed by atoms with Crippen LogP contribution >= 0.6 is 11.6 Å². The Morgan fingerprint density at radius 2 is 2.09 bits per heavy atom. The minimum atomic E-state index is -3.71. The number of halogens is 1. The maximum Gasteiger partial charge on any atom is 0.243 e. The van der Waals surface area contributed by atoms with E-state index in [1.54, 1.807) is 26.0 Å². The van der Waals surface area contributed by atoms with Crippen molar-refractivity contribution in [1.29, 1.82) is 0 Å². The fourth-order valence-corrected chi connectivity index (χ4v) is 4.03. The van der Waals surface area contributed by atoms with Gasteiger partial charge in [-0.3, -0.25) is 0 Å². The highest BCUT2D eigenvalue weighted by Gasteiger charge is 2.23. The largest absolute Gasteiger partial charge is 0.395 e. The van der Waals surface area contributed by atoms with Crippen LogP contribution in [-0.4, -0.2) is 47.3 Å². The van der Waals surface area contributed by atoms with Crippen molar-refractivity contribution in [3.63, 3.8) is 0 Å². The summed E-state index contributed by atoms with van der Waals surface area (Å²) in [7, 11) is -3.71. The van der Waals surface area contributed by atoms with Gasteiger partial charge in [0.25, 0.3) is 0 Å². The summed E-state index contributed by atoms with van der Waals surface area (Å²) < 4.78 is 27.7. The van der Waals surface area contributed by atoms with E-state index in [2.05, 4.69) is 5.10 Å². The van der Waals surface area contributed by atoms with Gasteiger partial charge in [0.2, 0.25) is 10.0 Å². The molecule has 9 heteroatoms. The number of aliphatic hydroxyl groups excluding tert-OH is 1. The number of aryl methyl sites for hydroxylation is 1. The molecular weight excluding hydrogens is 340 g/mol. The fraction of sp³-hybridized carbons (Fsp3) is 0.357. The number of nitrogens with two attached hydrogens (primary N) is 1. The third-order valence-corrected chi connectivity index (χ3v) is 5.62. The highest BCUT2D eigenvalue weighted by molar-refractivity contribution is 7.89. The molecule has 7 nitrogen and oxygen atoms in total. The van der Waals surface area contributed by atoms with Gasteiger partial charge in [0, 0.05) is 19.2 Å². The second kappa shape index (κ2) is 6.88. The Bertz CT molecular complexity index is 804. The van der Waals surface area contributed by atoms with Crippen molar-refractivity contribution in [2.24, 2.45) is 0 Å².